The highest BCUT2D eigenvalue weighted by atomic mass is 16.5. The third kappa shape index (κ3) is 1.50. The van der Waals surface area contributed by atoms with Crippen LogP contribution < -0.4 is 5.73 Å². The lowest BCUT2D eigenvalue weighted by atomic mass is 9.85. The topological polar surface area (TPSA) is 77.1 Å². The molecule has 0 aromatic carbocycles. The Balaban J connectivity index is 2.01. The van der Waals surface area contributed by atoms with E-state index in [1.807, 2.05) is 19.1 Å². The summed E-state index contributed by atoms with van der Waals surface area (Å²) < 4.78 is 10.6. The fraction of sp³-hybridized carbons (Fsp3) is 0.417. The van der Waals surface area contributed by atoms with E-state index in [-0.39, 0.29) is 5.41 Å². The molecule has 5 nitrogen and oxygen atoms in total. The fourth-order valence-corrected chi connectivity index (χ4v) is 2.06. The number of hydrogen-bond acceptors (Lipinski definition) is 4. The molecule has 3 N–H and O–H groups in total. The second kappa shape index (κ2) is 3.72. The molecule has 1 aliphatic rings. The summed E-state index contributed by atoms with van der Waals surface area (Å²) in [6.45, 7) is 3.79. The average Bonchev–Trinajstić information content (AvgIpc) is 2.86. The summed E-state index contributed by atoms with van der Waals surface area (Å²) in [6.07, 6.45) is 1.65. The third-order valence-electron chi connectivity index (χ3n) is 3.29. The molecule has 0 radical (unpaired) electrons. The van der Waals surface area contributed by atoms with Gasteiger partial charge in [-0.25, -0.2) is 4.98 Å². The van der Waals surface area contributed by atoms with Gasteiger partial charge in [0, 0.05) is 12.2 Å². The summed E-state index contributed by atoms with van der Waals surface area (Å²) in [5.41, 5.74) is 7.52. The second-order valence-corrected chi connectivity index (χ2v) is 4.51. The zero-order valence-electron chi connectivity index (χ0n) is 9.69. The molecular weight excluding hydrogens is 218 g/mol. The molecule has 0 unspecified atom stereocenters. The number of rotatable bonds is 3. The first kappa shape index (κ1) is 10.6. The fourth-order valence-electron chi connectivity index (χ4n) is 2.06. The number of nitrogens with two attached hydrogens (primary N) is 1. The smallest absolute Gasteiger partial charge is 0.154 e. The maximum Gasteiger partial charge on any atom is 0.154 e. The molecule has 0 bridgehead atoms. The number of aryl methyl sites for hydroxylation is 1. The molecule has 2 aromatic rings. The number of ether oxygens (including phenoxy) is 1. The van der Waals surface area contributed by atoms with Crippen molar-refractivity contribution in [3.05, 3.63) is 29.9 Å². The molecule has 0 saturated carbocycles. The van der Waals surface area contributed by atoms with Crippen LogP contribution >= 0.6 is 0 Å². The van der Waals surface area contributed by atoms with Gasteiger partial charge < -0.3 is 19.9 Å². The first-order valence-corrected chi connectivity index (χ1v) is 5.64. The van der Waals surface area contributed by atoms with E-state index in [2.05, 4.69) is 9.97 Å². The zero-order chi connectivity index (χ0) is 11.9. The minimum absolute atomic E-state index is 0.143. The lowest BCUT2D eigenvalue weighted by Crippen LogP contribution is -2.53. The predicted molar refractivity (Wildman–Crippen MR) is 62.6 cm³/mol. The van der Waals surface area contributed by atoms with Gasteiger partial charge in [0.2, 0.25) is 0 Å². The number of hydrogen-bond donors (Lipinski definition) is 2. The molecule has 0 amide bonds. The maximum absolute atomic E-state index is 5.82. The van der Waals surface area contributed by atoms with Gasteiger partial charge >= 0.3 is 0 Å². The molecule has 3 rings (SSSR count). The Labute approximate surface area is 99.0 Å². The van der Waals surface area contributed by atoms with Crippen LogP contribution in [0.25, 0.3) is 11.5 Å². The van der Waals surface area contributed by atoms with Crippen molar-refractivity contribution in [1.82, 2.24) is 9.97 Å². The number of imidazole rings is 1. The molecule has 1 fully saturated rings. The van der Waals surface area contributed by atoms with Crippen LogP contribution in [0.15, 0.2) is 22.8 Å². The van der Waals surface area contributed by atoms with E-state index in [1.54, 1.807) is 6.26 Å². The van der Waals surface area contributed by atoms with Crippen molar-refractivity contribution >= 4 is 0 Å². The van der Waals surface area contributed by atoms with Gasteiger partial charge in [-0.3, -0.25) is 0 Å². The van der Waals surface area contributed by atoms with Crippen molar-refractivity contribution in [3.63, 3.8) is 0 Å². The Morgan fingerprint density at radius 2 is 2.35 bits per heavy atom. The van der Waals surface area contributed by atoms with Gasteiger partial charge in [-0.2, -0.15) is 0 Å². The third-order valence-corrected chi connectivity index (χ3v) is 3.29. The van der Waals surface area contributed by atoms with Crippen molar-refractivity contribution < 1.29 is 9.15 Å². The van der Waals surface area contributed by atoms with E-state index < -0.39 is 0 Å². The summed E-state index contributed by atoms with van der Waals surface area (Å²) in [5, 5.41) is 0. The predicted octanol–water partition coefficient (Wildman–Crippen LogP) is 1.20. The Bertz CT molecular complexity index is 506. The van der Waals surface area contributed by atoms with Gasteiger partial charge in [0.25, 0.3) is 0 Å². The largest absolute Gasteiger partial charge is 0.463 e. The lowest BCUT2D eigenvalue weighted by molar-refractivity contribution is -0.0590. The maximum atomic E-state index is 5.82. The first-order valence-electron chi connectivity index (χ1n) is 5.64. The molecule has 2 aromatic heterocycles. The van der Waals surface area contributed by atoms with Gasteiger partial charge in [0.15, 0.2) is 5.76 Å². The number of furan rings is 1. The van der Waals surface area contributed by atoms with Gasteiger partial charge in [-0.05, 0) is 19.1 Å². The van der Waals surface area contributed by atoms with Crippen LogP contribution in [0.4, 0.5) is 0 Å². The number of nitrogens with zero attached hydrogens (tertiary/aromatic N) is 1. The van der Waals surface area contributed by atoms with Crippen molar-refractivity contribution in [1.29, 1.82) is 0 Å². The number of aromatic amines is 1. The molecule has 0 aliphatic carbocycles. The molecule has 1 saturated heterocycles. The Kier molecular flexibility index (Phi) is 2.31. The molecule has 17 heavy (non-hydrogen) atoms. The van der Waals surface area contributed by atoms with E-state index in [1.165, 1.54) is 0 Å². The molecule has 1 aliphatic heterocycles. The quantitative estimate of drug-likeness (QED) is 0.835. The lowest BCUT2D eigenvalue weighted by Gasteiger charge is -2.38. The zero-order valence-corrected chi connectivity index (χ0v) is 9.69. The van der Waals surface area contributed by atoms with Crippen LogP contribution in [0.1, 0.15) is 11.5 Å². The highest BCUT2D eigenvalue weighted by Gasteiger charge is 2.42. The van der Waals surface area contributed by atoms with Gasteiger partial charge in [0.05, 0.1) is 24.9 Å². The summed E-state index contributed by atoms with van der Waals surface area (Å²) in [5.74, 6) is 1.67. The minimum atomic E-state index is -0.143. The van der Waals surface area contributed by atoms with Gasteiger partial charge in [-0.15, -0.1) is 0 Å². The van der Waals surface area contributed by atoms with Crippen LogP contribution in [0.3, 0.4) is 0 Å². The highest BCUT2D eigenvalue weighted by molar-refractivity contribution is 5.55. The molecule has 3 heterocycles. The molecular formula is C12H15N3O2. The number of H-pyrrole nitrogens is 1. The van der Waals surface area contributed by atoms with E-state index in [0.29, 0.717) is 19.8 Å². The normalized spacial score (nSPS) is 18.0. The van der Waals surface area contributed by atoms with E-state index in [0.717, 1.165) is 23.0 Å². The van der Waals surface area contributed by atoms with Gasteiger partial charge in [0.1, 0.15) is 11.5 Å². The summed E-state index contributed by atoms with van der Waals surface area (Å²) in [6, 6.07) is 3.76. The van der Waals surface area contributed by atoms with Crippen molar-refractivity contribution in [2.45, 2.75) is 12.3 Å². The highest BCUT2D eigenvalue weighted by Crippen LogP contribution is 2.32. The summed E-state index contributed by atoms with van der Waals surface area (Å²) >= 11 is 0. The Morgan fingerprint density at radius 1 is 1.53 bits per heavy atom. The SMILES string of the molecule is Cc1[nH]c(C2(CN)COC2)nc1-c1ccco1. The van der Waals surface area contributed by atoms with Crippen molar-refractivity contribution in [2.24, 2.45) is 5.73 Å². The number of aromatic nitrogens is 2. The van der Waals surface area contributed by atoms with E-state index in [4.69, 9.17) is 14.9 Å². The Morgan fingerprint density at radius 3 is 2.88 bits per heavy atom. The van der Waals surface area contributed by atoms with Crippen LogP contribution in [0.2, 0.25) is 0 Å². The van der Waals surface area contributed by atoms with Crippen LogP contribution in [-0.4, -0.2) is 29.7 Å². The number of nitrogens with one attached hydrogen (secondary N) is 1. The van der Waals surface area contributed by atoms with Crippen LogP contribution in [0, 0.1) is 6.92 Å². The molecule has 90 valence electrons. The molecule has 0 spiro atoms. The van der Waals surface area contributed by atoms with E-state index in [9.17, 15) is 0 Å². The van der Waals surface area contributed by atoms with E-state index >= 15 is 0 Å². The average molecular weight is 233 g/mol. The summed E-state index contributed by atoms with van der Waals surface area (Å²) in [7, 11) is 0. The van der Waals surface area contributed by atoms with Crippen LogP contribution in [-0.2, 0) is 10.2 Å². The van der Waals surface area contributed by atoms with Crippen molar-refractivity contribution in [2.75, 3.05) is 19.8 Å². The standard InChI is InChI=1S/C12H15N3O2/c1-8-10(9-3-2-4-17-9)15-11(14-8)12(5-13)6-16-7-12/h2-4H,5-7,13H2,1H3,(H,14,15). The van der Waals surface area contributed by atoms with Crippen molar-refractivity contribution in [3.8, 4) is 11.5 Å². The summed E-state index contributed by atoms with van der Waals surface area (Å²) in [4.78, 5) is 7.90. The Hall–Kier alpha value is -1.59. The monoisotopic (exact) mass is 233 g/mol. The van der Waals surface area contributed by atoms with Crippen LogP contribution in [0.5, 0.6) is 0 Å². The molecule has 5 heteroatoms. The first-order chi connectivity index (χ1) is 8.25. The second-order valence-electron chi connectivity index (χ2n) is 4.51. The molecule has 0 atom stereocenters. The van der Waals surface area contributed by atoms with Gasteiger partial charge in [-0.1, -0.05) is 0 Å². The minimum Gasteiger partial charge on any atom is -0.463 e.